The van der Waals surface area contributed by atoms with E-state index in [1.54, 1.807) is 30.3 Å². The molecule has 2 aromatic rings. The fourth-order valence-electron chi connectivity index (χ4n) is 2.15. The number of fused-ring (bicyclic) bond motifs is 1. The summed E-state index contributed by atoms with van der Waals surface area (Å²) in [5.41, 5.74) is 1.96. The van der Waals surface area contributed by atoms with E-state index >= 15 is 0 Å². The van der Waals surface area contributed by atoms with Gasteiger partial charge in [0, 0.05) is 17.0 Å². The fourth-order valence-corrected chi connectivity index (χ4v) is 2.27. The van der Waals surface area contributed by atoms with Gasteiger partial charge in [-0.1, -0.05) is 23.7 Å². The molecule has 21 heavy (non-hydrogen) atoms. The van der Waals surface area contributed by atoms with Crippen LogP contribution in [-0.2, 0) is 11.2 Å². The molecule has 0 aliphatic carbocycles. The van der Waals surface area contributed by atoms with Gasteiger partial charge in [0.05, 0.1) is 5.69 Å². The zero-order valence-electron chi connectivity index (χ0n) is 11.1. The Kier molecular flexibility index (Phi) is 3.62. The van der Waals surface area contributed by atoms with Crippen LogP contribution in [0.15, 0.2) is 42.5 Å². The van der Waals surface area contributed by atoms with Crippen LogP contribution >= 0.6 is 11.6 Å². The highest BCUT2D eigenvalue weighted by atomic mass is 35.5. The molecule has 0 unspecified atom stereocenters. The second kappa shape index (κ2) is 5.58. The van der Waals surface area contributed by atoms with Gasteiger partial charge in [-0.2, -0.15) is 0 Å². The molecule has 0 bridgehead atoms. The van der Waals surface area contributed by atoms with Crippen molar-refractivity contribution in [3.8, 4) is 5.75 Å². The molecule has 106 valence electrons. The number of hydrogen-bond acceptors (Lipinski definition) is 3. The molecule has 0 fully saturated rings. The summed E-state index contributed by atoms with van der Waals surface area (Å²) in [7, 11) is 0. The average molecular weight is 302 g/mol. The lowest BCUT2D eigenvalue weighted by molar-refractivity contribution is -0.118. The minimum atomic E-state index is -0.218. The van der Waals surface area contributed by atoms with Gasteiger partial charge in [-0.3, -0.25) is 9.59 Å². The summed E-state index contributed by atoms with van der Waals surface area (Å²) in [6, 6.07) is 12.2. The number of amides is 1. The van der Waals surface area contributed by atoms with Crippen LogP contribution in [0.1, 0.15) is 15.9 Å². The van der Waals surface area contributed by atoms with Crippen LogP contribution in [0, 0.1) is 0 Å². The van der Waals surface area contributed by atoms with Crippen LogP contribution in [0.5, 0.6) is 5.75 Å². The van der Waals surface area contributed by atoms with E-state index in [0.717, 1.165) is 5.56 Å². The van der Waals surface area contributed by atoms with Crippen LogP contribution in [0.2, 0.25) is 5.02 Å². The van der Waals surface area contributed by atoms with Crippen molar-refractivity contribution in [1.82, 2.24) is 0 Å². The first-order valence-corrected chi connectivity index (χ1v) is 6.84. The van der Waals surface area contributed by atoms with E-state index in [9.17, 15) is 9.59 Å². The standard InChI is InChI=1S/C16H12ClNO3/c17-12-4-1-10(2-5-12)7-14(19)11-3-6-15-13(8-11)18-16(20)9-21-15/h1-6,8H,7,9H2,(H,18,20). The van der Waals surface area contributed by atoms with Crippen LogP contribution < -0.4 is 10.1 Å². The van der Waals surface area contributed by atoms with Gasteiger partial charge >= 0.3 is 0 Å². The number of Topliss-reactive ketones (excluding diaryl/α,β-unsaturated/α-hetero) is 1. The van der Waals surface area contributed by atoms with Gasteiger partial charge in [-0.25, -0.2) is 0 Å². The minimum Gasteiger partial charge on any atom is -0.482 e. The largest absolute Gasteiger partial charge is 0.482 e. The molecule has 1 aliphatic rings. The molecule has 0 spiro atoms. The predicted octanol–water partition coefficient (Wildman–Crippen LogP) is 3.10. The highest BCUT2D eigenvalue weighted by molar-refractivity contribution is 6.30. The third kappa shape index (κ3) is 3.06. The van der Waals surface area contributed by atoms with E-state index in [1.165, 1.54) is 0 Å². The van der Waals surface area contributed by atoms with Gasteiger partial charge < -0.3 is 10.1 Å². The maximum atomic E-state index is 12.3. The average Bonchev–Trinajstić information content (AvgIpc) is 2.48. The summed E-state index contributed by atoms with van der Waals surface area (Å²) in [6.45, 7) is 0.00503. The SMILES string of the molecule is O=C1COc2ccc(C(=O)Cc3ccc(Cl)cc3)cc2N1. The maximum Gasteiger partial charge on any atom is 0.262 e. The number of carbonyl (C=O) groups excluding carboxylic acids is 2. The minimum absolute atomic E-state index is 0.00503. The van der Waals surface area contributed by atoms with Crippen molar-refractivity contribution < 1.29 is 14.3 Å². The second-order valence-corrected chi connectivity index (χ2v) is 5.21. The highest BCUT2D eigenvalue weighted by Crippen LogP contribution is 2.28. The topological polar surface area (TPSA) is 55.4 Å². The van der Waals surface area contributed by atoms with Gasteiger partial charge in [-0.15, -0.1) is 0 Å². The van der Waals surface area contributed by atoms with Crippen molar-refractivity contribution in [3.05, 3.63) is 58.6 Å². The number of nitrogens with one attached hydrogen (secondary N) is 1. The highest BCUT2D eigenvalue weighted by Gasteiger charge is 2.17. The van der Waals surface area contributed by atoms with Crippen LogP contribution in [0.4, 0.5) is 5.69 Å². The first kappa shape index (κ1) is 13.6. The monoisotopic (exact) mass is 301 g/mol. The smallest absolute Gasteiger partial charge is 0.262 e. The van der Waals surface area contributed by atoms with Gasteiger partial charge in [0.15, 0.2) is 12.4 Å². The first-order valence-electron chi connectivity index (χ1n) is 6.46. The van der Waals surface area contributed by atoms with E-state index in [0.29, 0.717) is 22.0 Å². The predicted molar refractivity (Wildman–Crippen MR) is 80.1 cm³/mol. The van der Waals surface area contributed by atoms with Crippen molar-refractivity contribution in [2.75, 3.05) is 11.9 Å². The van der Waals surface area contributed by atoms with E-state index in [1.807, 2.05) is 12.1 Å². The number of hydrogen-bond donors (Lipinski definition) is 1. The van der Waals surface area contributed by atoms with Crippen molar-refractivity contribution in [3.63, 3.8) is 0 Å². The molecule has 0 radical (unpaired) electrons. The normalized spacial score (nSPS) is 13.1. The van der Waals surface area contributed by atoms with E-state index in [4.69, 9.17) is 16.3 Å². The Bertz CT molecular complexity index is 710. The Morgan fingerprint density at radius 2 is 1.95 bits per heavy atom. The van der Waals surface area contributed by atoms with Crippen molar-refractivity contribution >= 4 is 29.0 Å². The molecule has 0 aromatic heterocycles. The molecule has 0 saturated carbocycles. The number of carbonyl (C=O) groups is 2. The number of ether oxygens (including phenoxy) is 1. The molecule has 1 heterocycles. The number of benzene rings is 2. The third-order valence-corrected chi connectivity index (χ3v) is 3.46. The lowest BCUT2D eigenvalue weighted by Gasteiger charge is -2.18. The summed E-state index contributed by atoms with van der Waals surface area (Å²) in [4.78, 5) is 23.6. The Hall–Kier alpha value is -2.33. The number of ketones is 1. The molecule has 0 saturated heterocycles. The molecule has 2 aromatic carbocycles. The molecular weight excluding hydrogens is 290 g/mol. The molecular formula is C16H12ClNO3. The van der Waals surface area contributed by atoms with Gasteiger partial charge in [-0.05, 0) is 35.9 Å². The van der Waals surface area contributed by atoms with Crippen LogP contribution in [0.3, 0.4) is 0 Å². The quantitative estimate of drug-likeness (QED) is 0.886. The lowest BCUT2D eigenvalue weighted by Crippen LogP contribution is -2.25. The summed E-state index contributed by atoms with van der Waals surface area (Å²) in [5.74, 6) is 0.336. The Labute approximate surface area is 126 Å². The van der Waals surface area contributed by atoms with Gasteiger partial charge in [0.2, 0.25) is 0 Å². The molecule has 3 rings (SSSR count). The van der Waals surface area contributed by atoms with Crippen molar-refractivity contribution in [2.45, 2.75) is 6.42 Å². The molecule has 0 atom stereocenters. The van der Waals surface area contributed by atoms with Crippen molar-refractivity contribution in [2.24, 2.45) is 0 Å². The Morgan fingerprint density at radius 1 is 1.19 bits per heavy atom. The Morgan fingerprint density at radius 3 is 2.71 bits per heavy atom. The molecule has 1 aliphatic heterocycles. The zero-order chi connectivity index (χ0) is 14.8. The van der Waals surface area contributed by atoms with E-state index in [-0.39, 0.29) is 24.7 Å². The van der Waals surface area contributed by atoms with Crippen LogP contribution in [-0.4, -0.2) is 18.3 Å². The Balaban J connectivity index is 1.80. The summed E-state index contributed by atoms with van der Waals surface area (Å²) in [5, 5.41) is 3.33. The first-order chi connectivity index (χ1) is 10.1. The fraction of sp³-hybridized carbons (Fsp3) is 0.125. The molecule has 4 nitrogen and oxygen atoms in total. The molecule has 5 heteroatoms. The van der Waals surface area contributed by atoms with Gasteiger partial charge in [0.1, 0.15) is 5.75 Å². The second-order valence-electron chi connectivity index (χ2n) is 4.77. The van der Waals surface area contributed by atoms with Crippen LogP contribution in [0.25, 0.3) is 0 Å². The zero-order valence-corrected chi connectivity index (χ0v) is 11.8. The summed E-state index contributed by atoms with van der Waals surface area (Å²) >= 11 is 5.82. The lowest BCUT2D eigenvalue weighted by atomic mass is 10.0. The maximum absolute atomic E-state index is 12.3. The third-order valence-electron chi connectivity index (χ3n) is 3.21. The number of rotatable bonds is 3. The van der Waals surface area contributed by atoms with E-state index < -0.39 is 0 Å². The molecule has 1 N–H and O–H groups in total. The molecule has 1 amide bonds. The van der Waals surface area contributed by atoms with E-state index in [2.05, 4.69) is 5.32 Å². The number of anilines is 1. The van der Waals surface area contributed by atoms with Gasteiger partial charge in [0.25, 0.3) is 5.91 Å². The van der Waals surface area contributed by atoms with Crippen molar-refractivity contribution in [1.29, 1.82) is 0 Å². The summed E-state index contributed by atoms with van der Waals surface area (Å²) < 4.78 is 5.26. The summed E-state index contributed by atoms with van der Waals surface area (Å²) in [6.07, 6.45) is 0.282. The number of halogens is 1.